The monoisotopic (exact) mass is 193 g/mol. The molecule has 0 radical (unpaired) electrons. The predicted molar refractivity (Wildman–Crippen MR) is 59.6 cm³/mol. The zero-order valence-electron chi connectivity index (χ0n) is 8.96. The highest BCUT2D eigenvalue weighted by Gasteiger charge is 1.99. The summed E-state index contributed by atoms with van der Waals surface area (Å²) in [6.07, 6.45) is 3.37. The molecule has 1 aromatic carbocycles. The Hall–Kier alpha value is -1.02. The lowest BCUT2D eigenvalue weighted by Crippen LogP contribution is -2.20. The Balaban J connectivity index is 2.31. The van der Waals surface area contributed by atoms with Gasteiger partial charge in [0.25, 0.3) is 0 Å². The van der Waals surface area contributed by atoms with Crippen LogP contribution in [0.15, 0.2) is 24.3 Å². The highest BCUT2D eigenvalue weighted by Crippen LogP contribution is 2.13. The second-order valence-electron chi connectivity index (χ2n) is 3.75. The molecule has 78 valence electrons. The summed E-state index contributed by atoms with van der Waals surface area (Å²) in [5.41, 5.74) is 1.22. The van der Waals surface area contributed by atoms with Crippen molar-refractivity contribution in [2.45, 2.75) is 32.2 Å². The molecule has 0 amide bonds. The normalized spacial score (nSPS) is 12.7. The SMILES string of the molecule is CNC(C)CCCc1cccc(O)c1. The maximum atomic E-state index is 9.26. The van der Waals surface area contributed by atoms with Gasteiger partial charge in [0, 0.05) is 6.04 Å². The third-order valence-corrected chi connectivity index (χ3v) is 2.51. The number of aryl methyl sites for hydroxylation is 1. The number of rotatable bonds is 5. The molecule has 1 atom stereocenters. The number of phenolic OH excluding ortho intramolecular Hbond substituents is 1. The third kappa shape index (κ3) is 3.79. The molecule has 14 heavy (non-hydrogen) atoms. The summed E-state index contributed by atoms with van der Waals surface area (Å²) in [6, 6.07) is 8.08. The maximum Gasteiger partial charge on any atom is 0.115 e. The molecule has 1 aromatic rings. The maximum absolute atomic E-state index is 9.26. The van der Waals surface area contributed by atoms with Gasteiger partial charge in [-0.1, -0.05) is 12.1 Å². The fourth-order valence-corrected chi connectivity index (χ4v) is 1.47. The molecule has 0 aliphatic rings. The Morgan fingerprint density at radius 3 is 2.86 bits per heavy atom. The van der Waals surface area contributed by atoms with Crippen LogP contribution in [0.25, 0.3) is 0 Å². The summed E-state index contributed by atoms with van der Waals surface area (Å²) in [5, 5.41) is 12.5. The lowest BCUT2D eigenvalue weighted by molar-refractivity contribution is 0.474. The first-order valence-electron chi connectivity index (χ1n) is 5.17. The molecule has 0 heterocycles. The van der Waals surface area contributed by atoms with Crippen molar-refractivity contribution in [1.82, 2.24) is 5.32 Å². The van der Waals surface area contributed by atoms with E-state index in [4.69, 9.17) is 0 Å². The number of phenols is 1. The molecule has 0 aromatic heterocycles. The first kappa shape index (κ1) is 11.1. The first-order chi connectivity index (χ1) is 6.72. The zero-order chi connectivity index (χ0) is 10.4. The van der Waals surface area contributed by atoms with Crippen LogP contribution in [0.2, 0.25) is 0 Å². The lowest BCUT2D eigenvalue weighted by atomic mass is 10.1. The van der Waals surface area contributed by atoms with Gasteiger partial charge in [-0.05, 0) is 50.9 Å². The van der Waals surface area contributed by atoms with E-state index < -0.39 is 0 Å². The average Bonchev–Trinajstić information content (AvgIpc) is 2.17. The minimum absolute atomic E-state index is 0.365. The van der Waals surface area contributed by atoms with Gasteiger partial charge < -0.3 is 10.4 Å². The number of hydrogen-bond acceptors (Lipinski definition) is 2. The smallest absolute Gasteiger partial charge is 0.115 e. The molecule has 1 rings (SSSR count). The second kappa shape index (κ2) is 5.66. The van der Waals surface area contributed by atoms with E-state index in [1.807, 2.05) is 19.2 Å². The van der Waals surface area contributed by atoms with Gasteiger partial charge in [-0.25, -0.2) is 0 Å². The molecule has 2 heteroatoms. The fourth-order valence-electron chi connectivity index (χ4n) is 1.47. The van der Waals surface area contributed by atoms with Crippen LogP contribution in [0.3, 0.4) is 0 Å². The molecule has 1 unspecified atom stereocenters. The van der Waals surface area contributed by atoms with E-state index in [1.54, 1.807) is 6.07 Å². The molecule has 0 aliphatic carbocycles. The van der Waals surface area contributed by atoms with Gasteiger partial charge >= 0.3 is 0 Å². The Morgan fingerprint density at radius 1 is 1.43 bits per heavy atom. The summed E-state index contributed by atoms with van der Waals surface area (Å²) in [7, 11) is 1.99. The van der Waals surface area contributed by atoms with Crippen molar-refractivity contribution in [2.75, 3.05) is 7.05 Å². The van der Waals surface area contributed by atoms with Gasteiger partial charge in [0.15, 0.2) is 0 Å². The summed E-state index contributed by atoms with van der Waals surface area (Å²) in [4.78, 5) is 0. The Kier molecular flexibility index (Phi) is 4.47. The number of nitrogens with one attached hydrogen (secondary N) is 1. The van der Waals surface area contributed by atoms with E-state index in [1.165, 1.54) is 12.0 Å². The van der Waals surface area contributed by atoms with Gasteiger partial charge in [-0.15, -0.1) is 0 Å². The van der Waals surface area contributed by atoms with Crippen LogP contribution in [-0.4, -0.2) is 18.2 Å². The molecule has 0 saturated heterocycles. The fraction of sp³-hybridized carbons (Fsp3) is 0.500. The van der Waals surface area contributed by atoms with Gasteiger partial charge in [0.2, 0.25) is 0 Å². The molecular weight excluding hydrogens is 174 g/mol. The highest BCUT2D eigenvalue weighted by molar-refractivity contribution is 5.27. The minimum Gasteiger partial charge on any atom is -0.508 e. The van der Waals surface area contributed by atoms with Gasteiger partial charge in [-0.3, -0.25) is 0 Å². The summed E-state index contributed by atoms with van der Waals surface area (Å²) < 4.78 is 0. The molecule has 0 bridgehead atoms. The molecular formula is C12H19NO. The molecule has 2 N–H and O–H groups in total. The Morgan fingerprint density at radius 2 is 2.21 bits per heavy atom. The second-order valence-corrected chi connectivity index (χ2v) is 3.75. The largest absolute Gasteiger partial charge is 0.508 e. The summed E-state index contributed by atoms with van der Waals surface area (Å²) in [5.74, 6) is 0.365. The average molecular weight is 193 g/mol. The van der Waals surface area contributed by atoms with E-state index in [0.29, 0.717) is 11.8 Å². The van der Waals surface area contributed by atoms with E-state index in [2.05, 4.69) is 18.3 Å². The van der Waals surface area contributed by atoms with Crippen molar-refractivity contribution >= 4 is 0 Å². The first-order valence-corrected chi connectivity index (χ1v) is 5.17. The van der Waals surface area contributed by atoms with Crippen molar-refractivity contribution < 1.29 is 5.11 Å². The molecule has 0 saturated carbocycles. The number of aromatic hydroxyl groups is 1. The van der Waals surface area contributed by atoms with Crippen molar-refractivity contribution in [3.63, 3.8) is 0 Å². The van der Waals surface area contributed by atoms with E-state index >= 15 is 0 Å². The minimum atomic E-state index is 0.365. The highest BCUT2D eigenvalue weighted by atomic mass is 16.3. The summed E-state index contributed by atoms with van der Waals surface area (Å²) in [6.45, 7) is 2.18. The van der Waals surface area contributed by atoms with Crippen LogP contribution < -0.4 is 5.32 Å². The van der Waals surface area contributed by atoms with Gasteiger partial charge in [-0.2, -0.15) is 0 Å². The predicted octanol–water partition coefficient (Wildman–Crippen LogP) is 2.32. The van der Waals surface area contributed by atoms with Crippen LogP contribution in [-0.2, 0) is 6.42 Å². The van der Waals surface area contributed by atoms with E-state index in [-0.39, 0.29) is 0 Å². The van der Waals surface area contributed by atoms with Crippen LogP contribution in [0.1, 0.15) is 25.3 Å². The topological polar surface area (TPSA) is 32.3 Å². The van der Waals surface area contributed by atoms with Crippen molar-refractivity contribution in [2.24, 2.45) is 0 Å². The Labute approximate surface area is 86.0 Å². The molecule has 0 aliphatic heterocycles. The standard InChI is InChI=1S/C12H19NO/c1-10(13-2)5-3-6-11-7-4-8-12(14)9-11/h4,7-10,13-14H,3,5-6H2,1-2H3. The van der Waals surface area contributed by atoms with E-state index in [0.717, 1.165) is 12.8 Å². The number of hydrogen-bond donors (Lipinski definition) is 2. The Bertz CT molecular complexity index is 273. The van der Waals surface area contributed by atoms with Crippen molar-refractivity contribution in [3.05, 3.63) is 29.8 Å². The molecule has 2 nitrogen and oxygen atoms in total. The quantitative estimate of drug-likeness (QED) is 0.752. The molecule has 0 spiro atoms. The van der Waals surface area contributed by atoms with Crippen molar-refractivity contribution in [3.8, 4) is 5.75 Å². The third-order valence-electron chi connectivity index (χ3n) is 2.51. The summed E-state index contributed by atoms with van der Waals surface area (Å²) >= 11 is 0. The van der Waals surface area contributed by atoms with Crippen LogP contribution >= 0.6 is 0 Å². The number of benzene rings is 1. The van der Waals surface area contributed by atoms with Gasteiger partial charge in [0.1, 0.15) is 5.75 Å². The van der Waals surface area contributed by atoms with Crippen LogP contribution in [0.5, 0.6) is 5.75 Å². The molecule has 0 fully saturated rings. The van der Waals surface area contributed by atoms with E-state index in [9.17, 15) is 5.11 Å². The van der Waals surface area contributed by atoms with Gasteiger partial charge in [0.05, 0.1) is 0 Å². The zero-order valence-corrected chi connectivity index (χ0v) is 8.96. The van der Waals surface area contributed by atoms with Crippen LogP contribution in [0, 0.1) is 0 Å². The van der Waals surface area contributed by atoms with Crippen molar-refractivity contribution in [1.29, 1.82) is 0 Å². The lowest BCUT2D eigenvalue weighted by Gasteiger charge is -2.09. The van der Waals surface area contributed by atoms with Crippen LogP contribution in [0.4, 0.5) is 0 Å².